The summed E-state index contributed by atoms with van der Waals surface area (Å²) in [6.45, 7) is -0.317. The third kappa shape index (κ3) is 6.45. The molecule has 0 fully saturated rings. The van der Waals surface area contributed by atoms with Gasteiger partial charge in [0.15, 0.2) is 18.1 Å². The lowest BCUT2D eigenvalue weighted by molar-refractivity contribution is -0.120. The van der Waals surface area contributed by atoms with E-state index in [2.05, 4.69) is 10.1 Å². The van der Waals surface area contributed by atoms with Gasteiger partial charge in [-0.05, 0) is 70.6 Å². The summed E-state index contributed by atoms with van der Waals surface area (Å²) in [7, 11) is 2.69. The second-order valence-electron chi connectivity index (χ2n) is 5.98. The molecule has 0 aliphatic carbocycles. The Morgan fingerprint density at radius 2 is 1.87 bits per heavy atom. The van der Waals surface area contributed by atoms with E-state index in [4.69, 9.17) is 15.2 Å². The van der Waals surface area contributed by atoms with Crippen LogP contribution in [0.3, 0.4) is 0 Å². The van der Waals surface area contributed by atoms with Gasteiger partial charge >= 0.3 is 5.97 Å². The zero-order valence-electron chi connectivity index (χ0n) is 16.6. The van der Waals surface area contributed by atoms with E-state index in [-0.39, 0.29) is 12.2 Å². The fourth-order valence-electron chi connectivity index (χ4n) is 2.43. The number of nitrogens with one attached hydrogen (secondary N) is 1. The van der Waals surface area contributed by atoms with E-state index in [0.717, 1.165) is 0 Å². The van der Waals surface area contributed by atoms with Crippen molar-refractivity contribution in [2.24, 2.45) is 5.73 Å². The lowest BCUT2D eigenvalue weighted by Gasteiger charge is -2.12. The minimum Gasteiger partial charge on any atom is -0.493 e. The van der Waals surface area contributed by atoms with Crippen molar-refractivity contribution in [1.29, 1.82) is 5.26 Å². The quantitative estimate of drug-likeness (QED) is 0.229. The Bertz CT molecular complexity index is 1070. The van der Waals surface area contributed by atoms with Crippen molar-refractivity contribution in [2.75, 3.05) is 26.1 Å². The van der Waals surface area contributed by atoms with Gasteiger partial charge < -0.3 is 25.3 Å². The lowest BCUT2D eigenvalue weighted by Crippen LogP contribution is -2.20. The molecule has 2 aromatic carbocycles. The first-order chi connectivity index (χ1) is 14.8. The Hall–Kier alpha value is -3.59. The highest BCUT2D eigenvalue weighted by Gasteiger charge is 2.15. The van der Waals surface area contributed by atoms with E-state index in [1.54, 1.807) is 12.1 Å². The second-order valence-corrected chi connectivity index (χ2v) is 7.14. The molecule has 160 valence electrons. The number of esters is 1. The molecule has 2 aromatic rings. The van der Waals surface area contributed by atoms with Gasteiger partial charge in [-0.3, -0.25) is 9.59 Å². The number of nitrogens with two attached hydrogens (primary N) is 1. The van der Waals surface area contributed by atoms with E-state index in [1.807, 2.05) is 28.7 Å². The zero-order valence-corrected chi connectivity index (χ0v) is 18.8. The Labute approximate surface area is 191 Å². The summed E-state index contributed by atoms with van der Waals surface area (Å²) in [5.74, 6) is -1.12. The Morgan fingerprint density at radius 1 is 1.19 bits per heavy atom. The minimum atomic E-state index is -0.634. The maximum atomic E-state index is 12.5. The molecular formula is C21H18IN3O6. The highest BCUT2D eigenvalue weighted by molar-refractivity contribution is 14.1. The van der Waals surface area contributed by atoms with Crippen LogP contribution in [0.2, 0.25) is 0 Å². The predicted molar refractivity (Wildman–Crippen MR) is 120 cm³/mol. The first-order valence-electron chi connectivity index (χ1n) is 8.69. The van der Waals surface area contributed by atoms with Gasteiger partial charge in [0.2, 0.25) is 0 Å². The molecule has 2 rings (SSSR count). The van der Waals surface area contributed by atoms with Crippen molar-refractivity contribution in [2.45, 2.75) is 0 Å². The van der Waals surface area contributed by atoms with Crippen LogP contribution in [-0.2, 0) is 14.3 Å². The number of hydrogen-bond donors (Lipinski definition) is 2. The molecule has 0 bridgehead atoms. The van der Waals surface area contributed by atoms with E-state index >= 15 is 0 Å². The van der Waals surface area contributed by atoms with E-state index < -0.39 is 17.8 Å². The maximum Gasteiger partial charge on any atom is 0.337 e. The van der Waals surface area contributed by atoms with Crippen LogP contribution >= 0.6 is 22.6 Å². The molecule has 0 radical (unpaired) electrons. The van der Waals surface area contributed by atoms with Gasteiger partial charge in [-0.15, -0.1) is 0 Å². The van der Waals surface area contributed by atoms with Crippen LogP contribution in [0.1, 0.15) is 15.9 Å². The van der Waals surface area contributed by atoms with Crippen LogP contribution in [0.25, 0.3) is 6.08 Å². The third-order valence-corrected chi connectivity index (χ3v) is 4.65. The van der Waals surface area contributed by atoms with Gasteiger partial charge in [-0.25, -0.2) is 4.79 Å². The first kappa shape index (κ1) is 23.7. The molecule has 0 aliphatic heterocycles. The van der Waals surface area contributed by atoms with Crippen molar-refractivity contribution in [3.8, 4) is 17.6 Å². The van der Waals surface area contributed by atoms with Crippen LogP contribution in [-0.4, -0.2) is 38.6 Å². The fourth-order valence-corrected chi connectivity index (χ4v) is 3.21. The molecule has 0 unspecified atom stereocenters. The number of nitriles is 1. The number of anilines is 1. The minimum absolute atomic E-state index is 0.152. The summed E-state index contributed by atoms with van der Waals surface area (Å²) in [6, 6.07) is 11.1. The molecule has 2 amide bonds. The Balaban J connectivity index is 2.25. The number of carbonyl (C=O) groups is 3. The summed E-state index contributed by atoms with van der Waals surface area (Å²) in [6.07, 6.45) is 1.39. The highest BCUT2D eigenvalue weighted by atomic mass is 127. The smallest absolute Gasteiger partial charge is 0.337 e. The van der Waals surface area contributed by atoms with Gasteiger partial charge in [0.25, 0.3) is 11.8 Å². The molecule has 0 atom stereocenters. The first-order valence-corrected chi connectivity index (χ1v) is 9.77. The molecule has 0 spiro atoms. The summed E-state index contributed by atoms with van der Waals surface area (Å²) < 4.78 is 15.9. The van der Waals surface area contributed by atoms with Gasteiger partial charge in [0, 0.05) is 5.69 Å². The van der Waals surface area contributed by atoms with Crippen molar-refractivity contribution in [3.05, 3.63) is 56.7 Å². The maximum absolute atomic E-state index is 12.5. The molecule has 0 saturated carbocycles. The van der Waals surface area contributed by atoms with E-state index in [0.29, 0.717) is 31.9 Å². The normalized spacial score (nSPS) is 10.6. The van der Waals surface area contributed by atoms with Crippen LogP contribution in [0.5, 0.6) is 11.5 Å². The number of carbonyl (C=O) groups excluding carboxylic acids is 3. The molecular weight excluding hydrogens is 517 g/mol. The average Bonchev–Trinajstić information content (AvgIpc) is 2.75. The molecule has 3 N–H and O–H groups in total. The summed E-state index contributed by atoms with van der Waals surface area (Å²) in [5.41, 5.74) is 6.20. The van der Waals surface area contributed by atoms with E-state index in [1.165, 1.54) is 44.6 Å². The molecule has 0 saturated heterocycles. The number of benzene rings is 2. The number of ether oxygens (including phenoxy) is 3. The monoisotopic (exact) mass is 535 g/mol. The topological polar surface area (TPSA) is 141 Å². The van der Waals surface area contributed by atoms with Crippen LogP contribution in [0.4, 0.5) is 5.69 Å². The number of methoxy groups -OCH3 is 2. The van der Waals surface area contributed by atoms with E-state index in [9.17, 15) is 19.6 Å². The number of amides is 2. The standard InChI is InChI=1S/C21H18IN3O6/c1-29-17-9-12(8-16(22)19(17)31-11-18(24)26)7-14(10-23)20(27)25-15-5-3-13(4-6-15)21(28)30-2/h3-9H,11H2,1-2H3,(H2,24,26)(H,25,27)/b14-7+. The lowest BCUT2D eigenvalue weighted by atomic mass is 10.1. The zero-order chi connectivity index (χ0) is 23.0. The fraction of sp³-hybridized carbons (Fsp3) is 0.143. The molecule has 31 heavy (non-hydrogen) atoms. The molecule has 0 aliphatic rings. The second kappa shape index (κ2) is 11.0. The average molecular weight is 535 g/mol. The van der Waals surface area contributed by atoms with Gasteiger partial charge in [-0.1, -0.05) is 0 Å². The third-order valence-electron chi connectivity index (χ3n) is 3.85. The van der Waals surface area contributed by atoms with Crippen molar-refractivity contribution >= 4 is 52.1 Å². The number of rotatable bonds is 8. The Kier molecular flexibility index (Phi) is 8.39. The molecule has 9 nitrogen and oxygen atoms in total. The molecule has 0 heterocycles. The van der Waals surface area contributed by atoms with Crippen molar-refractivity contribution in [1.82, 2.24) is 0 Å². The van der Waals surface area contributed by atoms with Crippen molar-refractivity contribution in [3.63, 3.8) is 0 Å². The predicted octanol–water partition coefficient (Wildman–Crippen LogP) is 2.50. The van der Waals surface area contributed by atoms with Crippen LogP contribution in [0.15, 0.2) is 42.0 Å². The SMILES string of the molecule is COC(=O)c1ccc(NC(=O)/C(C#N)=C/c2cc(I)c(OCC(N)=O)c(OC)c2)cc1. The number of primary amides is 1. The van der Waals surface area contributed by atoms with Crippen LogP contribution in [0, 0.1) is 14.9 Å². The number of nitrogens with zero attached hydrogens (tertiary/aromatic N) is 1. The number of halogens is 1. The largest absolute Gasteiger partial charge is 0.493 e. The van der Waals surface area contributed by atoms with Crippen LogP contribution < -0.4 is 20.5 Å². The summed E-state index contributed by atoms with van der Waals surface area (Å²) in [4.78, 5) is 35.0. The van der Waals surface area contributed by atoms with Crippen molar-refractivity contribution < 1.29 is 28.6 Å². The van der Waals surface area contributed by atoms with Gasteiger partial charge in [0.05, 0.1) is 23.4 Å². The highest BCUT2D eigenvalue weighted by Crippen LogP contribution is 2.34. The Morgan fingerprint density at radius 3 is 2.42 bits per heavy atom. The number of hydrogen-bond acceptors (Lipinski definition) is 7. The summed E-state index contributed by atoms with van der Waals surface area (Å²) >= 11 is 1.98. The molecule has 0 aromatic heterocycles. The summed E-state index contributed by atoms with van der Waals surface area (Å²) in [5, 5.41) is 12.0. The van der Waals surface area contributed by atoms with Gasteiger partial charge in [-0.2, -0.15) is 5.26 Å². The van der Waals surface area contributed by atoms with Gasteiger partial charge in [0.1, 0.15) is 11.6 Å². The molecule has 10 heteroatoms.